The summed E-state index contributed by atoms with van der Waals surface area (Å²) in [4.78, 5) is 23.8. The van der Waals surface area contributed by atoms with Crippen LogP contribution in [0, 0.1) is 21.4 Å². The third-order valence-electron chi connectivity index (χ3n) is 2.84. The van der Waals surface area contributed by atoms with Gasteiger partial charge in [-0.25, -0.2) is 0 Å². The second-order valence-electron chi connectivity index (χ2n) is 4.60. The zero-order valence-corrected chi connectivity index (χ0v) is 12.2. The van der Waals surface area contributed by atoms with Crippen LogP contribution in [0.4, 0.5) is 11.4 Å². The van der Waals surface area contributed by atoms with Crippen LogP contribution in [0.1, 0.15) is 26.3 Å². The second-order valence-corrected chi connectivity index (χ2v) is 4.60. The Bertz CT molecular complexity index is 578. The molecule has 21 heavy (non-hydrogen) atoms. The molecule has 1 aromatic rings. The number of hydrogen-bond donors (Lipinski definition) is 0. The van der Waals surface area contributed by atoms with E-state index in [0.29, 0.717) is 5.56 Å². The van der Waals surface area contributed by atoms with Crippen molar-refractivity contribution >= 4 is 17.3 Å². The lowest BCUT2D eigenvalue weighted by Crippen LogP contribution is -2.37. The van der Waals surface area contributed by atoms with Gasteiger partial charge in [-0.3, -0.25) is 14.9 Å². The first-order valence-electron chi connectivity index (χ1n) is 6.51. The van der Waals surface area contributed by atoms with E-state index in [1.807, 2.05) is 19.9 Å². The third-order valence-corrected chi connectivity index (χ3v) is 2.84. The van der Waals surface area contributed by atoms with Gasteiger partial charge in [-0.2, -0.15) is 5.26 Å². The Morgan fingerprint density at radius 1 is 1.52 bits per heavy atom. The van der Waals surface area contributed by atoms with E-state index in [1.165, 1.54) is 18.2 Å². The number of hydrogen-bond acceptors (Lipinski definition) is 6. The minimum absolute atomic E-state index is 0.110. The first-order chi connectivity index (χ1) is 9.90. The summed E-state index contributed by atoms with van der Waals surface area (Å²) in [5.41, 5.74) is 0.388. The van der Waals surface area contributed by atoms with Gasteiger partial charge in [-0.05, 0) is 32.9 Å². The number of nitro benzene ring substituents is 1. The van der Waals surface area contributed by atoms with Crippen molar-refractivity contribution in [3.63, 3.8) is 0 Å². The molecule has 0 spiro atoms. The van der Waals surface area contributed by atoms with Crippen LogP contribution in [0.3, 0.4) is 0 Å². The predicted octanol–water partition coefficient (Wildman–Crippen LogP) is 2.24. The van der Waals surface area contributed by atoms with E-state index in [0.717, 1.165) is 0 Å². The molecule has 1 aromatic carbocycles. The molecule has 0 atom stereocenters. The van der Waals surface area contributed by atoms with Gasteiger partial charge in [0, 0.05) is 12.1 Å². The SMILES string of the molecule is CCOC(=O)CN(c1cc(C#N)ccc1[N+](=O)[O-])C(C)C. The predicted molar refractivity (Wildman–Crippen MR) is 76.9 cm³/mol. The summed E-state index contributed by atoms with van der Waals surface area (Å²) in [5.74, 6) is -0.470. The Balaban J connectivity index is 3.26. The maximum atomic E-state index is 11.7. The van der Waals surface area contributed by atoms with Gasteiger partial charge < -0.3 is 9.64 Å². The summed E-state index contributed by atoms with van der Waals surface area (Å²) in [6.45, 7) is 5.44. The topological polar surface area (TPSA) is 96.5 Å². The van der Waals surface area contributed by atoms with Crippen molar-refractivity contribution in [3.05, 3.63) is 33.9 Å². The summed E-state index contributed by atoms with van der Waals surface area (Å²) < 4.78 is 4.89. The van der Waals surface area contributed by atoms with Gasteiger partial charge in [0.25, 0.3) is 5.69 Å². The lowest BCUT2D eigenvalue weighted by atomic mass is 10.1. The molecule has 0 heterocycles. The molecule has 0 saturated carbocycles. The molecular weight excluding hydrogens is 274 g/mol. The molecule has 7 heteroatoms. The largest absolute Gasteiger partial charge is 0.465 e. The molecule has 0 aliphatic heterocycles. The van der Waals surface area contributed by atoms with Crippen LogP contribution >= 0.6 is 0 Å². The fourth-order valence-electron chi connectivity index (χ4n) is 1.87. The van der Waals surface area contributed by atoms with Gasteiger partial charge in [-0.15, -0.1) is 0 Å². The Kier molecular flexibility index (Phi) is 5.67. The number of rotatable bonds is 6. The molecule has 0 radical (unpaired) electrons. The lowest BCUT2D eigenvalue weighted by molar-refractivity contribution is -0.384. The second kappa shape index (κ2) is 7.24. The Hall–Kier alpha value is -2.62. The van der Waals surface area contributed by atoms with E-state index < -0.39 is 10.9 Å². The van der Waals surface area contributed by atoms with Crippen molar-refractivity contribution in [1.29, 1.82) is 5.26 Å². The van der Waals surface area contributed by atoms with Crippen LogP contribution in [0.25, 0.3) is 0 Å². The van der Waals surface area contributed by atoms with E-state index in [9.17, 15) is 14.9 Å². The minimum atomic E-state index is -0.531. The molecule has 0 saturated heterocycles. The smallest absolute Gasteiger partial charge is 0.325 e. The zero-order valence-electron chi connectivity index (χ0n) is 12.2. The number of esters is 1. The Morgan fingerprint density at radius 2 is 2.19 bits per heavy atom. The average Bonchev–Trinajstić information content (AvgIpc) is 2.44. The highest BCUT2D eigenvalue weighted by Gasteiger charge is 2.24. The van der Waals surface area contributed by atoms with Gasteiger partial charge in [0.15, 0.2) is 0 Å². The van der Waals surface area contributed by atoms with Crippen molar-refractivity contribution in [1.82, 2.24) is 0 Å². The van der Waals surface area contributed by atoms with E-state index >= 15 is 0 Å². The molecule has 0 unspecified atom stereocenters. The molecule has 0 amide bonds. The molecule has 0 aliphatic rings. The summed E-state index contributed by atoms with van der Waals surface area (Å²) >= 11 is 0. The number of benzene rings is 1. The van der Waals surface area contributed by atoms with Crippen LogP contribution < -0.4 is 4.90 Å². The molecule has 112 valence electrons. The van der Waals surface area contributed by atoms with E-state index in [1.54, 1.807) is 11.8 Å². The monoisotopic (exact) mass is 291 g/mol. The number of ether oxygens (including phenoxy) is 1. The first kappa shape index (κ1) is 16.4. The normalized spacial score (nSPS) is 10.0. The zero-order chi connectivity index (χ0) is 16.0. The summed E-state index contributed by atoms with van der Waals surface area (Å²) in [6, 6.07) is 5.84. The molecule has 0 aliphatic carbocycles. The maximum absolute atomic E-state index is 11.7. The molecule has 7 nitrogen and oxygen atoms in total. The van der Waals surface area contributed by atoms with E-state index in [-0.39, 0.29) is 30.6 Å². The minimum Gasteiger partial charge on any atom is -0.465 e. The highest BCUT2D eigenvalue weighted by Crippen LogP contribution is 2.30. The number of carbonyl (C=O) groups is 1. The Morgan fingerprint density at radius 3 is 2.67 bits per heavy atom. The molecule has 1 rings (SSSR count). The van der Waals surface area contributed by atoms with Crippen LogP contribution in [-0.4, -0.2) is 30.1 Å². The van der Waals surface area contributed by atoms with Crippen molar-refractivity contribution in [3.8, 4) is 6.07 Å². The van der Waals surface area contributed by atoms with Gasteiger partial charge in [0.05, 0.1) is 23.2 Å². The number of nitrogens with zero attached hydrogens (tertiary/aromatic N) is 3. The maximum Gasteiger partial charge on any atom is 0.325 e. The van der Waals surface area contributed by atoms with Crippen molar-refractivity contribution in [2.75, 3.05) is 18.1 Å². The lowest BCUT2D eigenvalue weighted by Gasteiger charge is -2.27. The van der Waals surface area contributed by atoms with Crippen LogP contribution in [0.15, 0.2) is 18.2 Å². The number of anilines is 1. The molecule has 0 aromatic heterocycles. The molecule has 0 fully saturated rings. The van der Waals surface area contributed by atoms with E-state index in [4.69, 9.17) is 10.00 Å². The fourth-order valence-corrected chi connectivity index (χ4v) is 1.87. The first-order valence-corrected chi connectivity index (χ1v) is 6.51. The summed E-state index contributed by atoms with van der Waals surface area (Å²) in [7, 11) is 0. The number of nitriles is 1. The van der Waals surface area contributed by atoms with Crippen molar-refractivity contribution in [2.45, 2.75) is 26.8 Å². The highest BCUT2D eigenvalue weighted by atomic mass is 16.6. The van der Waals surface area contributed by atoms with Crippen LogP contribution in [0.5, 0.6) is 0 Å². The molecular formula is C14H17N3O4. The standard InChI is InChI=1S/C14H17N3O4/c1-4-21-14(18)9-16(10(2)3)13-7-11(8-15)5-6-12(13)17(19)20/h5-7,10H,4,9H2,1-3H3. The molecule has 0 bridgehead atoms. The Labute approximate surface area is 122 Å². The quantitative estimate of drug-likeness (QED) is 0.453. The third kappa shape index (κ3) is 4.18. The number of nitro groups is 1. The van der Waals surface area contributed by atoms with Gasteiger partial charge >= 0.3 is 5.97 Å². The fraction of sp³-hybridized carbons (Fsp3) is 0.429. The van der Waals surface area contributed by atoms with E-state index in [2.05, 4.69) is 0 Å². The summed E-state index contributed by atoms with van der Waals surface area (Å²) in [6.07, 6.45) is 0. The average molecular weight is 291 g/mol. The van der Waals surface area contributed by atoms with Crippen molar-refractivity contribution < 1.29 is 14.5 Å². The van der Waals surface area contributed by atoms with Gasteiger partial charge in [0.1, 0.15) is 12.2 Å². The van der Waals surface area contributed by atoms with Gasteiger partial charge in [0.2, 0.25) is 0 Å². The van der Waals surface area contributed by atoms with Crippen LogP contribution in [0.2, 0.25) is 0 Å². The van der Waals surface area contributed by atoms with Crippen molar-refractivity contribution in [2.24, 2.45) is 0 Å². The van der Waals surface area contributed by atoms with Gasteiger partial charge in [-0.1, -0.05) is 0 Å². The number of carbonyl (C=O) groups excluding carboxylic acids is 1. The molecule has 0 N–H and O–H groups in total. The summed E-state index contributed by atoms with van der Waals surface area (Å²) in [5, 5.41) is 20.1. The highest BCUT2D eigenvalue weighted by molar-refractivity contribution is 5.78. The van der Waals surface area contributed by atoms with Crippen LogP contribution in [-0.2, 0) is 9.53 Å².